The Hall–Kier alpha value is -3.93. The summed E-state index contributed by atoms with van der Waals surface area (Å²) in [6.45, 7) is 6.41. The molecule has 0 fully saturated rings. The Morgan fingerprint density at radius 3 is 1.07 bits per heavy atom. The molecule has 398 valence electrons. The van der Waals surface area contributed by atoms with Crippen LogP contribution in [0.2, 0.25) is 0 Å². The second-order valence-electron chi connectivity index (χ2n) is 18.9. The van der Waals surface area contributed by atoms with Crippen molar-refractivity contribution in [1.82, 2.24) is 0 Å². The third-order valence-corrected chi connectivity index (χ3v) is 12.1. The topological polar surface area (TPSA) is 78.9 Å². The van der Waals surface area contributed by atoms with E-state index in [1.165, 1.54) is 116 Å². The van der Waals surface area contributed by atoms with Gasteiger partial charge in [-0.3, -0.25) is 14.4 Å². The van der Waals surface area contributed by atoms with Gasteiger partial charge in [-0.05, 0) is 96.3 Å². The molecule has 0 aliphatic rings. The van der Waals surface area contributed by atoms with Gasteiger partial charge in [0.2, 0.25) is 0 Å². The summed E-state index contributed by atoms with van der Waals surface area (Å²) in [5.74, 6) is -0.927. The molecular weight excluding hydrogens is 865 g/mol. The van der Waals surface area contributed by atoms with Gasteiger partial charge < -0.3 is 14.2 Å². The minimum absolute atomic E-state index is 0.0937. The largest absolute Gasteiger partial charge is 0.462 e. The lowest BCUT2D eigenvalue weighted by Crippen LogP contribution is -2.30. The van der Waals surface area contributed by atoms with E-state index in [4.69, 9.17) is 14.2 Å². The van der Waals surface area contributed by atoms with E-state index in [9.17, 15) is 14.4 Å². The molecule has 6 heteroatoms. The van der Waals surface area contributed by atoms with Gasteiger partial charge in [0.1, 0.15) is 13.2 Å². The van der Waals surface area contributed by atoms with Crippen LogP contribution in [-0.4, -0.2) is 37.2 Å². The van der Waals surface area contributed by atoms with E-state index in [1.807, 2.05) is 24.3 Å². The lowest BCUT2D eigenvalue weighted by Gasteiger charge is -2.18. The zero-order valence-corrected chi connectivity index (χ0v) is 45.5. The fraction of sp³-hybridized carbons (Fsp3) is 0.672. The molecule has 0 aliphatic carbocycles. The van der Waals surface area contributed by atoms with Crippen molar-refractivity contribution in [1.29, 1.82) is 0 Å². The molecule has 1 unspecified atom stereocenters. The predicted molar refractivity (Wildman–Crippen MR) is 302 cm³/mol. The van der Waals surface area contributed by atoms with E-state index in [2.05, 4.69) is 106 Å². The van der Waals surface area contributed by atoms with Gasteiger partial charge in [-0.15, -0.1) is 0 Å². The second-order valence-corrected chi connectivity index (χ2v) is 18.9. The lowest BCUT2D eigenvalue weighted by molar-refractivity contribution is -0.167. The molecule has 0 rings (SSSR count). The summed E-state index contributed by atoms with van der Waals surface area (Å²) >= 11 is 0. The van der Waals surface area contributed by atoms with E-state index in [0.717, 1.165) is 103 Å². The zero-order chi connectivity index (χ0) is 50.7. The van der Waals surface area contributed by atoms with Crippen molar-refractivity contribution >= 4 is 17.9 Å². The summed E-state index contributed by atoms with van der Waals surface area (Å²) in [5, 5.41) is 0. The highest BCUT2D eigenvalue weighted by Gasteiger charge is 2.19. The number of hydrogen-bond acceptors (Lipinski definition) is 6. The summed E-state index contributed by atoms with van der Waals surface area (Å²) in [4.78, 5) is 38.2. The van der Waals surface area contributed by atoms with Gasteiger partial charge in [0.25, 0.3) is 0 Å². The van der Waals surface area contributed by atoms with E-state index < -0.39 is 6.10 Å². The number of carbonyl (C=O) groups excluding carboxylic acids is 3. The van der Waals surface area contributed by atoms with Gasteiger partial charge >= 0.3 is 17.9 Å². The van der Waals surface area contributed by atoms with Crippen LogP contribution in [0.4, 0.5) is 0 Å². The van der Waals surface area contributed by atoms with Crippen LogP contribution in [0.5, 0.6) is 0 Å². The number of hydrogen-bond donors (Lipinski definition) is 0. The maximum atomic E-state index is 12.9. The molecule has 0 heterocycles. The van der Waals surface area contributed by atoms with Crippen LogP contribution in [0, 0.1) is 0 Å². The van der Waals surface area contributed by atoms with Crippen molar-refractivity contribution in [2.45, 2.75) is 264 Å². The number of carbonyl (C=O) groups is 3. The van der Waals surface area contributed by atoms with Crippen molar-refractivity contribution in [2.75, 3.05) is 13.2 Å². The quantitative estimate of drug-likeness (QED) is 0.0199. The van der Waals surface area contributed by atoms with Crippen LogP contribution >= 0.6 is 0 Å². The van der Waals surface area contributed by atoms with Gasteiger partial charge in [-0.1, -0.05) is 252 Å². The van der Waals surface area contributed by atoms with Crippen LogP contribution in [0.1, 0.15) is 258 Å². The van der Waals surface area contributed by atoms with Crippen LogP contribution in [0.25, 0.3) is 0 Å². The average molecular weight is 972 g/mol. The first kappa shape index (κ1) is 66.1. The van der Waals surface area contributed by atoms with Crippen molar-refractivity contribution in [3.63, 3.8) is 0 Å². The van der Waals surface area contributed by atoms with Crippen molar-refractivity contribution in [2.24, 2.45) is 0 Å². The summed E-state index contributed by atoms with van der Waals surface area (Å²) < 4.78 is 16.9. The van der Waals surface area contributed by atoms with E-state index in [0.29, 0.717) is 19.3 Å². The fourth-order valence-electron chi connectivity index (χ4n) is 7.78. The Kier molecular flexibility index (Phi) is 54.4. The molecule has 0 saturated carbocycles. The maximum absolute atomic E-state index is 12.9. The predicted octanol–water partition coefficient (Wildman–Crippen LogP) is 19.5. The van der Waals surface area contributed by atoms with Crippen LogP contribution in [-0.2, 0) is 28.6 Å². The molecular formula is C64H106O6. The van der Waals surface area contributed by atoms with Crippen LogP contribution in [0.15, 0.2) is 109 Å². The number of esters is 3. The third kappa shape index (κ3) is 55.0. The Bertz CT molecular complexity index is 1440. The van der Waals surface area contributed by atoms with Gasteiger partial charge in [0.15, 0.2) is 6.10 Å². The highest BCUT2D eigenvalue weighted by atomic mass is 16.6. The Balaban J connectivity index is 4.46. The molecule has 0 aromatic carbocycles. The molecule has 0 radical (unpaired) electrons. The number of ether oxygens (including phenoxy) is 3. The molecule has 0 saturated heterocycles. The first-order valence-corrected chi connectivity index (χ1v) is 29.0. The van der Waals surface area contributed by atoms with E-state index >= 15 is 0 Å². The summed E-state index contributed by atoms with van der Waals surface area (Å²) in [5.41, 5.74) is 0. The van der Waals surface area contributed by atoms with Crippen LogP contribution in [0.3, 0.4) is 0 Å². The monoisotopic (exact) mass is 971 g/mol. The zero-order valence-electron chi connectivity index (χ0n) is 45.5. The third-order valence-electron chi connectivity index (χ3n) is 12.1. The van der Waals surface area contributed by atoms with Crippen molar-refractivity contribution in [3.8, 4) is 0 Å². The van der Waals surface area contributed by atoms with E-state index in [-0.39, 0.29) is 31.1 Å². The molecule has 0 amide bonds. The SMILES string of the molecule is CC/C=C\C/C=C\C/C=C\CCCCCCCCCCCC(=O)OCC(COC(=O)CCCCCCCCC/C=C\CCCCCC)OC(=O)CCCCCCC\C=C/C=C\C=C/C=C\C=C/CCC. The molecule has 0 aliphatic heterocycles. The molecule has 0 aromatic heterocycles. The Morgan fingerprint density at radius 2 is 0.643 bits per heavy atom. The number of unbranched alkanes of at least 4 members (excludes halogenated alkanes) is 26. The number of allylic oxidation sites excluding steroid dienone is 18. The molecule has 1 atom stereocenters. The lowest BCUT2D eigenvalue weighted by atomic mass is 10.1. The van der Waals surface area contributed by atoms with Crippen molar-refractivity contribution in [3.05, 3.63) is 109 Å². The summed E-state index contributed by atoms with van der Waals surface area (Å²) in [6, 6.07) is 0. The average Bonchev–Trinajstić information content (AvgIpc) is 3.36. The summed E-state index contributed by atoms with van der Waals surface area (Å²) in [6.07, 6.45) is 77.8. The van der Waals surface area contributed by atoms with Gasteiger partial charge in [0.05, 0.1) is 0 Å². The summed E-state index contributed by atoms with van der Waals surface area (Å²) in [7, 11) is 0. The van der Waals surface area contributed by atoms with E-state index in [1.54, 1.807) is 0 Å². The standard InChI is InChI=1S/C64H106O6/c1-4-7-10-13-16-19-22-25-28-30-32-34-36-39-42-45-48-51-54-57-63(66)69-60-61(59-68-62(65)56-53-50-47-44-41-38-35-27-24-21-18-15-12-9-6-3)70-64(67)58-55-52-49-46-43-40-37-33-31-29-26-23-20-17-14-11-8-5-2/h7,10-11,14,16-17,19-21,23-26,28-29,31,33,37,61H,4-6,8-9,12-13,15,18,22,27,30,32,34-36,38-60H2,1-3H3/b10-7-,14-11-,19-16-,20-17-,24-21-,26-23-,28-25-,31-29-,37-33-. The van der Waals surface area contributed by atoms with Gasteiger partial charge in [-0.2, -0.15) is 0 Å². The smallest absolute Gasteiger partial charge is 0.306 e. The Morgan fingerprint density at radius 1 is 0.314 bits per heavy atom. The van der Waals surface area contributed by atoms with Gasteiger partial charge in [0, 0.05) is 19.3 Å². The first-order valence-electron chi connectivity index (χ1n) is 29.0. The highest BCUT2D eigenvalue weighted by molar-refractivity contribution is 5.71. The molecule has 6 nitrogen and oxygen atoms in total. The molecule has 0 bridgehead atoms. The molecule has 0 spiro atoms. The minimum Gasteiger partial charge on any atom is -0.462 e. The van der Waals surface area contributed by atoms with Crippen molar-refractivity contribution < 1.29 is 28.6 Å². The molecule has 70 heavy (non-hydrogen) atoms. The fourth-order valence-corrected chi connectivity index (χ4v) is 7.78. The maximum Gasteiger partial charge on any atom is 0.306 e. The van der Waals surface area contributed by atoms with Crippen LogP contribution < -0.4 is 0 Å². The highest BCUT2D eigenvalue weighted by Crippen LogP contribution is 2.15. The normalized spacial score (nSPS) is 12.9. The Labute approximate surface area is 431 Å². The number of rotatable bonds is 51. The molecule has 0 N–H and O–H groups in total. The second kappa shape index (κ2) is 57.6. The van der Waals surface area contributed by atoms with Gasteiger partial charge in [-0.25, -0.2) is 0 Å². The molecule has 0 aromatic rings. The first-order chi connectivity index (χ1) is 34.5. The minimum atomic E-state index is -0.798.